The van der Waals surface area contributed by atoms with Crippen LogP contribution >= 0.6 is 0 Å². The number of carbonyl (C=O) groups excluding carboxylic acids is 1. The van der Waals surface area contributed by atoms with Gasteiger partial charge in [0, 0.05) is 24.4 Å². The third-order valence-corrected chi connectivity index (χ3v) is 4.19. The molecule has 0 radical (unpaired) electrons. The van der Waals surface area contributed by atoms with Crippen LogP contribution in [0.25, 0.3) is 0 Å². The summed E-state index contributed by atoms with van der Waals surface area (Å²) in [5.74, 6) is 1.19. The average molecular weight is 306 g/mol. The minimum atomic E-state index is -0.182. The lowest BCUT2D eigenvalue weighted by molar-refractivity contribution is 0.176. The number of amides is 2. The molecule has 3 N–H and O–H groups in total. The van der Waals surface area contributed by atoms with Crippen LogP contribution in [0.15, 0.2) is 18.2 Å². The molecule has 122 valence electrons. The zero-order valence-corrected chi connectivity index (χ0v) is 13.4. The smallest absolute Gasteiger partial charge is 0.319 e. The molecule has 1 fully saturated rings. The van der Waals surface area contributed by atoms with Gasteiger partial charge in [-0.2, -0.15) is 0 Å². The van der Waals surface area contributed by atoms with Crippen molar-refractivity contribution in [2.24, 2.45) is 5.92 Å². The molecule has 1 saturated carbocycles. The molecule has 0 aliphatic heterocycles. The third kappa shape index (κ3) is 4.63. The van der Waals surface area contributed by atoms with Gasteiger partial charge in [-0.25, -0.2) is 4.79 Å². The Kier molecular flexibility index (Phi) is 6.07. The highest BCUT2D eigenvalue weighted by atomic mass is 16.5. The summed E-state index contributed by atoms with van der Waals surface area (Å²) in [6, 6.07) is 5.67. The average Bonchev–Trinajstić information content (AvgIpc) is 2.51. The highest BCUT2D eigenvalue weighted by molar-refractivity contribution is 5.89. The number of benzene rings is 1. The van der Waals surface area contributed by atoms with Crippen molar-refractivity contribution < 1.29 is 14.6 Å². The molecule has 22 heavy (non-hydrogen) atoms. The molecule has 0 atom stereocenters. The molecule has 0 heterocycles. The van der Waals surface area contributed by atoms with Crippen molar-refractivity contribution in [2.75, 3.05) is 18.5 Å². The van der Waals surface area contributed by atoms with E-state index in [-0.39, 0.29) is 18.7 Å². The quantitative estimate of drug-likeness (QED) is 0.783. The van der Waals surface area contributed by atoms with Crippen LogP contribution in [-0.2, 0) is 0 Å². The molecule has 1 aromatic rings. The summed E-state index contributed by atoms with van der Waals surface area (Å²) in [5, 5.41) is 15.0. The number of aryl methyl sites for hydroxylation is 1. The molecule has 0 aromatic heterocycles. The van der Waals surface area contributed by atoms with E-state index in [1.807, 2.05) is 32.0 Å². The Morgan fingerprint density at radius 1 is 1.32 bits per heavy atom. The molecule has 0 unspecified atom stereocenters. The lowest BCUT2D eigenvalue weighted by atomic mass is 9.87. The monoisotopic (exact) mass is 306 g/mol. The molecule has 1 aliphatic carbocycles. The van der Waals surface area contributed by atoms with Crippen molar-refractivity contribution in [3.8, 4) is 5.75 Å². The predicted molar refractivity (Wildman–Crippen MR) is 87.3 cm³/mol. The van der Waals surface area contributed by atoms with Gasteiger partial charge in [0.15, 0.2) is 0 Å². The van der Waals surface area contributed by atoms with Crippen LogP contribution in [0.1, 0.15) is 38.2 Å². The van der Waals surface area contributed by atoms with Crippen LogP contribution in [0.2, 0.25) is 0 Å². The van der Waals surface area contributed by atoms with Crippen molar-refractivity contribution in [1.82, 2.24) is 5.32 Å². The second-order valence-corrected chi connectivity index (χ2v) is 5.91. The van der Waals surface area contributed by atoms with Gasteiger partial charge in [-0.05, 0) is 57.1 Å². The van der Waals surface area contributed by atoms with Crippen molar-refractivity contribution in [2.45, 2.75) is 45.6 Å². The molecular formula is C17H26N2O3. The maximum atomic E-state index is 12.1. The second kappa shape index (κ2) is 8.03. The van der Waals surface area contributed by atoms with Gasteiger partial charge >= 0.3 is 6.03 Å². The van der Waals surface area contributed by atoms with Gasteiger partial charge in [0.25, 0.3) is 0 Å². The van der Waals surface area contributed by atoms with Crippen LogP contribution in [-0.4, -0.2) is 30.4 Å². The Bertz CT molecular complexity index is 497. The van der Waals surface area contributed by atoms with Crippen LogP contribution in [0, 0.1) is 12.8 Å². The van der Waals surface area contributed by atoms with Crippen molar-refractivity contribution >= 4 is 11.7 Å². The zero-order chi connectivity index (χ0) is 15.9. The van der Waals surface area contributed by atoms with Crippen LogP contribution in [0.5, 0.6) is 5.75 Å². The van der Waals surface area contributed by atoms with Crippen molar-refractivity contribution in [3.05, 3.63) is 23.8 Å². The molecule has 1 aromatic carbocycles. The zero-order valence-electron chi connectivity index (χ0n) is 13.4. The minimum Gasteiger partial charge on any atom is -0.494 e. The Balaban J connectivity index is 1.85. The molecular weight excluding hydrogens is 280 g/mol. The standard InChI is InChI=1S/C17H26N2O3/c1-3-22-16-10-15(7-4-12(16)2)19-17(21)18-14-8-5-13(11-20)6-9-14/h4,7,10,13-14,20H,3,5-6,8-9,11H2,1-2H3,(H2,18,19,21). The number of ether oxygens (including phenoxy) is 1. The predicted octanol–water partition coefficient (Wildman–Crippen LogP) is 3.07. The third-order valence-electron chi connectivity index (χ3n) is 4.19. The topological polar surface area (TPSA) is 70.6 Å². The number of carbonyl (C=O) groups is 1. The summed E-state index contributed by atoms with van der Waals surface area (Å²) < 4.78 is 5.54. The molecule has 2 amide bonds. The van der Waals surface area contributed by atoms with Gasteiger partial charge in [-0.1, -0.05) is 6.07 Å². The van der Waals surface area contributed by atoms with E-state index >= 15 is 0 Å². The van der Waals surface area contributed by atoms with Gasteiger partial charge in [0.05, 0.1) is 6.61 Å². The van der Waals surface area contributed by atoms with Crippen LogP contribution < -0.4 is 15.4 Å². The van der Waals surface area contributed by atoms with Gasteiger partial charge in [0.2, 0.25) is 0 Å². The number of nitrogens with one attached hydrogen (secondary N) is 2. The summed E-state index contributed by atoms with van der Waals surface area (Å²) in [4.78, 5) is 12.1. The fraction of sp³-hybridized carbons (Fsp3) is 0.588. The SMILES string of the molecule is CCOc1cc(NC(=O)NC2CCC(CO)CC2)ccc1C. The van der Waals surface area contributed by atoms with E-state index in [0.717, 1.165) is 42.7 Å². The molecule has 1 aliphatic rings. The first-order chi connectivity index (χ1) is 10.6. The second-order valence-electron chi connectivity index (χ2n) is 5.91. The summed E-state index contributed by atoms with van der Waals surface area (Å²) in [6.07, 6.45) is 3.80. The number of urea groups is 1. The van der Waals surface area contributed by atoms with E-state index in [1.54, 1.807) is 0 Å². The van der Waals surface area contributed by atoms with E-state index in [0.29, 0.717) is 12.5 Å². The van der Waals surface area contributed by atoms with Crippen LogP contribution in [0.4, 0.5) is 10.5 Å². The van der Waals surface area contributed by atoms with E-state index in [2.05, 4.69) is 10.6 Å². The van der Waals surface area contributed by atoms with E-state index in [1.165, 1.54) is 0 Å². The molecule has 0 bridgehead atoms. The molecule has 5 heteroatoms. The van der Waals surface area contributed by atoms with E-state index in [4.69, 9.17) is 9.84 Å². The normalized spacial score (nSPS) is 21.2. The molecule has 2 rings (SSSR count). The van der Waals surface area contributed by atoms with Gasteiger partial charge < -0.3 is 20.5 Å². The van der Waals surface area contributed by atoms with Crippen LogP contribution in [0.3, 0.4) is 0 Å². The Morgan fingerprint density at radius 2 is 2.05 bits per heavy atom. The summed E-state index contributed by atoms with van der Waals surface area (Å²) >= 11 is 0. The lowest BCUT2D eigenvalue weighted by Gasteiger charge is -2.28. The van der Waals surface area contributed by atoms with Gasteiger partial charge in [-0.15, -0.1) is 0 Å². The fourth-order valence-electron chi connectivity index (χ4n) is 2.83. The first-order valence-corrected chi connectivity index (χ1v) is 8.04. The Labute approximate surface area is 132 Å². The Hall–Kier alpha value is -1.75. The summed E-state index contributed by atoms with van der Waals surface area (Å²) in [5.41, 5.74) is 1.78. The Morgan fingerprint density at radius 3 is 2.68 bits per heavy atom. The number of hydrogen-bond acceptors (Lipinski definition) is 3. The largest absolute Gasteiger partial charge is 0.494 e. The number of rotatable bonds is 5. The summed E-state index contributed by atoms with van der Waals surface area (Å²) in [6.45, 7) is 4.77. The fourth-order valence-corrected chi connectivity index (χ4v) is 2.83. The number of anilines is 1. The maximum Gasteiger partial charge on any atom is 0.319 e. The van der Waals surface area contributed by atoms with E-state index in [9.17, 15) is 4.79 Å². The molecule has 0 spiro atoms. The first kappa shape index (κ1) is 16.6. The maximum absolute atomic E-state index is 12.1. The first-order valence-electron chi connectivity index (χ1n) is 8.04. The van der Waals surface area contributed by atoms with Crippen molar-refractivity contribution in [1.29, 1.82) is 0 Å². The lowest BCUT2D eigenvalue weighted by Crippen LogP contribution is -2.40. The van der Waals surface area contributed by atoms with E-state index < -0.39 is 0 Å². The molecule has 0 saturated heterocycles. The highest BCUT2D eigenvalue weighted by Crippen LogP contribution is 2.25. The van der Waals surface area contributed by atoms with Crippen molar-refractivity contribution in [3.63, 3.8) is 0 Å². The number of aliphatic hydroxyl groups excluding tert-OH is 1. The highest BCUT2D eigenvalue weighted by Gasteiger charge is 2.21. The number of aliphatic hydroxyl groups is 1. The minimum absolute atomic E-state index is 0.182. The van der Waals surface area contributed by atoms with Gasteiger partial charge in [-0.3, -0.25) is 0 Å². The molecule has 5 nitrogen and oxygen atoms in total. The van der Waals surface area contributed by atoms with Gasteiger partial charge in [0.1, 0.15) is 5.75 Å². The summed E-state index contributed by atoms with van der Waals surface area (Å²) in [7, 11) is 0. The number of hydrogen-bond donors (Lipinski definition) is 3.